The highest BCUT2D eigenvalue weighted by molar-refractivity contribution is 5.80. The highest BCUT2D eigenvalue weighted by Crippen LogP contribution is 2.22. The molecular weight excluding hydrogens is 444 g/mol. The smallest absolute Gasteiger partial charge is 0.408 e. The summed E-state index contributed by atoms with van der Waals surface area (Å²) in [4.78, 5) is 23.0. The van der Waals surface area contributed by atoms with E-state index in [9.17, 15) is 14.7 Å². The Bertz CT molecular complexity index is 721. The van der Waals surface area contributed by atoms with E-state index in [2.05, 4.69) is 10.6 Å². The van der Waals surface area contributed by atoms with Gasteiger partial charge in [0.15, 0.2) is 6.04 Å². The van der Waals surface area contributed by atoms with Crippen LogP contribution in [0.1, 0.15) is 97.5 Å². The van der Waals surface area contributed by atoms with E-state index in [0.717, 1.165) is 17.6 Å². The number of hydrogen-bond donors (Lipinski definition) is 3. The monoisotopic (exact) mass is 490 g/mol. The molecule has 198 valence electrons. The number of hydrogen-bond acceptors (Lipinski definition) is 5. The van der Waals surface area contributed by atoms with E-state index in [-0.39, 0.29) is 6.61 Å². The molecule has 0 bridgehead atoms. The second-order valence-electron chi connectivity index (χ2n) is 10.8. The number of amides is 1. The molecule has 2 saturated carbocycles. The first-order valence-electron chi connectivity index (χ1n) is 13.3. The number of carboxylic acids is 1. The van der Waals surface area contributed by atoms with Crippen molar-refractivity contribution in [3.63, 3.8) is 0 Å². The number of carboxylic acid groups (broad SMARTS) is 1. The topological polar surface area (TPSA) is 96.9 Å². The van der Waals surface area contributed by atoms with Crippen molar-refractivity contribution in [2.45, 2.75) is 128 Å². The Morgan fingerprint density at radius 3 is 1.91 bits per heavy atom. The number of rotatable bonds is 8. The molecule has 3 N–H and O–H groups in total. The predicted octanol–water partition coefficient (Wildman–Crippen LogP) is 5.81. The summed E-state index contributed by atoms with van der Waals surface area (Å²) >= 11 is 0. The molecule has 1 aromatic carbocycles. The maximum absolute atomic E-state index is 11.7. The van der Waals surface area contributed by atoms with Gasteiger partial charge >= 0.3 is 12.1 Å². The lowest BCUT2D eigenvalue weighted by Gasteiger charge is -2.30. The Morgan fingerprint density at radius 1 is 0.943 bits per heavy atom. The molecule has 3 rings (SSSR count). The lowest BCUT2D eigenvalue weighted by Crippen LogP contribution is -2.50. The Labute approximate surface area is 211 Å². The summed E-state index contributed by atoms with van der Waals surface area (Å²) in [5.74, 6) is -1.17. The molecule has 1 amide bonds. The van der Waals surface area contributed by atoms with Gasteiger partial charge in [-0.25, -0.2) is 9.59 Å². The van der Waals surface area contributed by atoms with Crippen molar-refractivity contribution in [3.05, 3.63) is 35.9 Å². The fourth-order valence-electron chi connectivity index (χ4n) is 4.77. The molecule has 0 spiro atoms. The van der Waals surface area contributed by atoms with E-state index in [0.29, 0.717) is 0 Å². The van der Waals surface area contributed by atoms with Crippen molar-refractivity contribution in [1.82, 2.24) is 10.6 Å². The van der Waals surface area contributed by atoms with Gasteiger partial charge in [-0.1, -0.05) is 68.9 Å². The lowest BCUT2D eigenvalue weighted by molar-refractivity contribution is -0.147. The third-order valence-corrected chi connectivity index (χ3v) is 6.44. The van der Waals surface area contributed by atoms with Gasteiger partial charge in [0.25, 0.3) is 0 Å². The van der Waals surface area contributed by atoms with E-state index in [1.807, 2.05) is 51.1 Å². The van der Waals surface area contributed by atoms with Gasteiger partial charge in [0.05, 0.1) is 11.7 Å². The van der Waals surface area contributed by atoms with E-state index in [1.54, 1.807) is 6.92 Å². The Morgan fingerprint density at radius 2 is 1.46 bits per heavy atom. The van der Waals surface area contributed by atoms with Crippen LogP contribution >= 0.6 is 0 Å². The summed E-state index contributed by atoms with van der Waals surface area (Å²) in [6.07, 6.45) is 13.1. The Balaban J connectivity index is 0.000000279. The molecule has 2 aliphatic carbocycles. The summed E-state index contributed by atoms with van der Waals surface area (Å²) in [6, 6.07) is 9.71. The molecule has 7 nitrogen and oxygen atoms in total. The molecule has 7 heteroatoms. The predicted molar refractivity (Wildman–Crippen MR) is 138 cm³/mol. The van der Waals surface area contributed by atoms with Crippen LogP contribution in [0.4, 0.5) is 4.79 Å². The number of carbonyl (C=O) groups is 2. The molecule has 0 aliphatic heterocycles. The molecule has 2 atom stereocenters. The summed E-state index contributed by atoms with van der Waals surface area (Å²) in [5.41, 5.74) is 0.312. The highest BCUT2D eigenvalue weighted by Gasteiger charge is 2.30. The standard InChI is InChI=1S/C16H23NO5.C12H23N/c1-11(22-16(2,3)4)13(14(18)19)17-15(20)21-10-12-8-6-5-7-9-12;1-3-7-11(8-4-1)13-12-9-5-2-6-10-12/h5-9,11,13H,10H2,1-4H3,(H,17,20)(H,18,19);11-13H,1-10H2/t11-,13+;/m0./s1. The van der Waals surface area contributed by atoms with Crippen molar-refractivity contribution >= 4 is 12.1 Å². The van der Waals surface area contributed by atoms with Gasteiger partial charge in [-0.3, -0.25) is 0 Å². The SMILES string of the molecule is C1CCC(NC2CCCCC2)CC1.C[C@H](OC(C)(C)C)[C@@H](NC(=O)OCc1ccccc1)C(=O)O. The largest absolute Gasteiger partial charge is 0.480 e. The number of benzene rings is 1. The average Bonchev–Trinajstić information content (AvgIpc) is 2.82. The third kappa shape index (κ3) is 12.4. The fraction of sp³-hybridized carbons (Fsp3) is 0.714. The van der Waals surface area contributed by atoms with Gasteiger partial charge < -0.3 is 25.2 Å². The Kier molecular flexibility index (Phi) is 12.6. The van der Waals surface area contributed by atoms with Crippen LogP contribution < -0.4 is 10.6 Å². The molecule has 35 heavy (non-hydrogen) atoms. The number of aliphatic carboxylic acids is 1. The summed E-state index contributed by atoms with van der Waals surface area (Å²) < 4.78 is 10.6. The number of alkyl carbamates (subject to hydrolysis) is 1. The van der Waals surface area contributed by atoms with Crippen LogP contribution in [0.5, 0.6) is 0 Å². The van der Waals surface area contributed by atoms with Crippen molar-refractivity contribution in [2.24, 2.45) is 0 Å². The van der Waals surface area contributed by atoms with Gasteiger partial charge in [-0.05, 0) is 58.9 Å². The molecule has 0 aromatic heterocycles. The molecule has 1 aromatic rings. The number of nitrogens with one attached hydrogen (secondary N) is 2. The van der Waals surface area contributed by atoms with E-state index < -0.39 is 29.8 Å². The third-order valence-electron chi connectivity index (χ3n) is 6.44. The fourth-order valence-corrected chi connectivity index (χ4v) is 4.77. The minimum atomic E-state index is -1.18. The van der Waals surface area contributed by atoms with Crippen LogP contribution in [0.15, 0.2) is 30.3 Å². The lowest BCUT2D eigenvalue weighted by atomic mass is 9.91. The highest BCUT2D eigenvalue weighted by atomic mass is 16.6. The van der Waals surface area contributed by atoms with Crippen LogP contribution in [-0.2, 0) is 20.9 Å². The van der Waals surface area contributed by atoms with E-state index in [4.69, 9.17) is 9.47 Å². The van der Waals surface area contributed by atoms with Crippen LogP contribution in [0, 0.1) is 0 Å². The quantitative estimate of drug-likeness (QED) is 0.425. The summed E-state index contributed by atoms with van der Waals surface area (Å²) in [6.45, 7) is 7.12. The molecule has 0 heterocycles. The number of carbonyl (C=O) groups excluding carboxylic acids is 1. The van der Waals surface area contributed by atoms with Crippen molar-refractivity contribution in [1.29, 1.82) is 0 Å². The van der Waals surface area contributed by atoms with Gasteiger partial charge in [-0.15, -0.1) is 0 Å². The minimum absolute atomic E-state index is 0.0769. The number of ether oxygens (including phenoxy) is 2. The van der Waals surface area contributed by atoms with Gasteiger partial charge in [-0.2, -0.15) is 0 Å². The van der Waals surface area contributed by atoms with E-state index >= 15 is 0 Å². The van der Waals surface area contributed by atoms with Crippen LogP contribution in [0.2, 0.25) is 0 Å². The zero-order valence-corrected chi connectivity index (χ0v) is 22.1. The molecule has 2 fully saturated rings. The second kappa shape index (κ2) is 15.1. The molecule has 0 radical (unpaired) electrons. The van der Waals surface area contributed by atoms with Crippen molar-refractivity contribution in [3.8, 4) is 0 Å². The summed E-state index contributed by atoms with van der Waals surface area (Å²) in [5, 5.41) is 15.4. The molecule has 0 unspecified atom stereocenters. The first kappa shape index (κ1) is 29.1. The van der Waals surface area contributed by atoms with Crippen LogP contribution in [0.3, 0.4) is 0 Å². The zero-order chi connectivity index (χ0) is 25.7. The zero-order valence-electron chi connectivity index (χ0n) is 22.1. The van der Waals surface area contributed by atoms with Crippen LogP contribution in [0.25, 0.3) is 0 Å². The van der Waals surface area contributed by atoms with Gasteiger partial charge in [0.2, 0.25) is 0 Å². The maximum atomic E-state index is 11.7. The maximum Gasteiger partial charge on any atom is 0.408 e. The van der Waals surface area contributed by atoms with Crippen LogP contribution in [-0.4, -0.2) is 47.0 Å². The van der Waals surface area contributed by atoms with Crippen molar-refractivity contribution < 1.29 is 24.2 Å². The van der Waals surface area contributed by atoms with Crippen molar-refractivity contribution in [2.75, 3.05) is 0 Å². The molecular formula is C28H46N2O5. The second-order valence-corrected chi connectivity index (χ2v) is 10.8. The average molecular weight is 491 g/mol. The summed E-state index contributed by atoms with van der Waals surface area (Å²) in [7, 11) is 0. The normalized spacial score (nSPS) is 19.1. The minimum Gasteiger partial charge on any atom is -0.480 e. The Hall–Kier alpha value is -2.12. The molecule has 0 saturated heterocycles. The molecule has 2 aliphatic rings. The van der Waals surface area contributed by atoms with Gasteiger partial charge in [0.1, 0.15) is 6.61 Å². The van der Waals surface area contributed by atoms with Gasteiger partial charge in [0, 0.05) is 12.1 Å². The van der Waals surface area contributed by atoms with E-state index in [1.165, 1.54) is 64.2 Å². The first-order valence-corrected chi connectivity index (χ1v) is 13.3. The first-order chi connectivity index (χ1) is 16.6.